The summed E-state index contributed by atoms with van der Waals surface area (Å²) in [5.74, 6) is -0.471. The third-order valence-electron chi connectivity index (χ3n) is 2.68. The van der Waals surface area contributed by atoms with Gasteiger partial charge in [0.05, 0.1) is 11.8 Å². The van der Waals surface area contributed by atoms with Crippen molar-refractivity contribution in [1.29, 1.82) is 0 Å². The molecule has 19 heavy (non-hydrogen) atoms. The fraction of sp³-hybridized carbons (Fsp3) is 0.231. The van der Waals surface area contributed by atoms with Gasteiger partial charge < -0.3 is 16.2 Å². The number of ether oxygens (including phenoxy) is 1. The van der Waals surface area contributed by atoms with E-state index in [0.717, 1.165) is 12.1 Å². The first-order valence-electron chi connectivity index (χ1n) is 5.93. The minimum absolute atomic E-state index is 0.169. The Kier molecular flexibility index (Phi) is 3.70. The topological polar surface area (TPSA) is 96.2 Å². The van der Waals surface area contributed by atoms with Gasteiger partial charge in [-0.3, -0.25) is 4.68 Å². The van der Waals surface area contributed by atoms with Crippen LogP contribution in [0.5, 0.6) is 0 Å². The Balaban J connectivity index is 2.01. The van der Waals surface area contributed by atoms with E-state index in [1.165, 1.54) is 6.07 Å². The van der Waals surface area contributed by atoms with Crippen LogP contribution in [0.15, 0.2) is 30.6 Å². The third kappa shape index (κ3) is 3.04. The molecule has 0 aliphatic rings. The molecule has 0 saturated carbocycles. The number of aromatic nitrogens is 2. The van der Waals surface area contributed by atoms with Gasteiger partial charge in [0.25, 0.3) is 0 Å². The van der Waals surface area contributed by atoms with E-state index in [-0.39, 0.29) is 6.61 Å². The molecule has 100 valence electrons. The minimum Gasteiger partial charge on any atom is -0.457 e. The quantitative estimate of drug-likeness (QED) is 0.640. The lowest BCUT2D eigenvalue weighted by Crippen LogP contribution is -2.08. The fourth-order valence-electron chi connectivity index (χ4n) is 1.65. The fourth-order valence-corrected chi connectivity index (χ4v) is 1.65. The lowest BCUT2D eigenvalue weighted by Gasteiger charge is -2.06. The van der Waals surface area contributed by atoms with Gasteiger partial charge >= 0.3 is 5.97 Å². The molecule has 0 aliphatic heterocycles. The molecule has 1 heterocycles. The van der Waals surface area contributed by atoms with Crippen molar-refractivity contribution in [2.45, 2.75) is 20.1 Å². The Morgan fingerprint density at radius 2 is 2.21 bits per heavy atom. The maximum Gasteiger partial charge on any atom is 0.340 e. The van der Waals surface area contributed by atoms with E-state index in [0.29, 0.717) is 16.9 Å². The number of benzene rings is 1. The molecule has 1 aromatic carbocycles. The molecule has 0 spiro atoms. The number of rotatable bonds is 4. The number of nitrogens with zero attached hydrogens (tertiary/aromatic N) is 2. The van der Waals surface area contributed by atoms with Crippen molar-refractivity contribution in [2.24, 2.45) is 0 Å². The Morgan fingerprint density at radius 1 is 1.42 bits per heavy atom. The molecule has 6 nitrogen and oxygen atoms in total. The summed E-state index contributed by atoms with van der Waals surface area (Å²) in [7, 11) is 0. The summed E-state index contributed by atoms with van der Waals surface area (Å²) >= 11 is 0. The van der Waals surface area contributed by atoms with Crippen LogP contribution in [0, 0.1) is 0 Å². The average Bonchev–Trinajstić information content (AvgIpc) is 2.84. The van der Waals surface area contributed by atoms with Crippen LogP contribution < -0.4 is 11.5 Å². The Morgan fingerprint density at radius 3 is 2.84 bits per heavy atom. The van der Waals surface area contributed by atoms with Crippen molar-refractivity contribution in [3.05, 3.63) is 41.7 Å². The first-order valence-corrected chi connectivity index (χ1v) is 5.93. The standard InChI is InChI=1S/C13H16N4O2/c1-2-17-7-9(6-16-17)8-19-13(18)11-4-3-10(14)5-12(11)15/h3-7H,2,8,14-15H2,1H3. The summed E-state index contributed by atoms with van der Waals surface area (Å²) in [4.78, 5) is 11.9. The smallest absolute Gasteiger partial charge is 0.340 e. The number of carbonyl (C=O) groups excluding carboxylic acids is 1. The van der Waals surface area contributed by atoms with E-state index in [4.69, 9.17) is 16.2 Å². The molecule has 6 heteroatoms. The molecule has 0 radical (unpaired) electrons. The van der Waals surface area contributed by atoms with Crippen LogP contribution in [-0.4, -0.2) is 15.7 Å². The second kappa shape index (κ2) is 5.43. The van der Waals surface area contributed by atoms with Crippen LogP contribution in [0.25, 0.3) is 0 Å². The van der Waals surface area contributed by atoms with Gasteiger partial charge in [-0.25, -0.2) is 4.79 Å². The van der Waals surface area contributed by atoms with E-state index >= 15 is 0 Å². The second-order valence-corrected chi connectivity index (χ2v) is 4.13. The predicted octanol–water partition coefficient (Wildman–Crippen LogP) is 1.42. The first-order chi connectivity index (χ1) is 9.10. The monoisotopic (exact) mass is 260 g/mol. The van der Waals surface area contributed by atoms with Crippen molar-refractivity contribution < 1.29 is 9.53 Å². The average molecular weight is 260 g/mol. The van der Waals surface area contributed by atoms with Gasteiger partial charge in [0.2, 0.25) is 0 Å². The van der Waals surface area contributed by atoms with Crippen molar-refractivity contribution in [1.82, 2.24) is 9.78 Å². The maximum absolute atomic E-state index is 11.9. The van der Waals surface area contributed by atoms with E-state index in [1.807, 2.05) is 13.1 Å². The molecule has 0 amide bonds. The number of nitrogens with two attached hydrogens (primary N) is 2. The summed E-state index contributed by atoms with van der Waals surface area (Å²) in [5, 5.41) is 4.10. The Labute approximate surface area is 111 Å². The Bertz CT molecular complexity index is 592. The van der Waals surface area contributed by atoms with Crippen molar-refractivity contribution in [3.63, 3.8) is 0 Å². The van der Waals surface area contributed by atoms with Crippen molar-refractivity contribution in [3.8, 4) is 0 Å². The highest BCUT2D eigenvalue weighted by Crippen LogP contribution is 2.17. The lowest BCUT2D eigenvalue weighted by molar-refractivity contribution is 0.0474. The van der Waals surface area contributed by atoms with Crippen LogP contribution in [0.3, 0.4) is 0 Å². The number of esters is 1. The van der Waals surface area contributed by atoms with Crippen LogP contribution in [0.4, 0.5) is 11.4 Å². The second-order valence-electron chi connectivity index (χ2n) is 4.13. The van der Waals surface area contributed by atoms with Crippen LogP contribution in [0.1, 0.15) is 22.8 Å². The van der Waals surface area contributed by atoms with Crippen molar-refractivity contribution in [2.75, 3.05) is 11.5 Å². The highest BCUT2D eigenvalue weighted by molar-refractivity contribution is 5.95. The number of hydrogen-bond donors (Lipinski definition) is 2. The largest absolute Gasteiger partial charge is 0.457 e. The molecular formula is C13H16N4O2. The Hall–Kier alpha value is -2.50. The summed E-state index contributed by atoms with van der Waals surface area (Å²) in [6.45, 7) is 2.93. The number of carbonyl (C=O) groups is 1. The van der Waals surface area contributed by atoms with E-state index in [9.17, 15) is 4.79 Å². The highest BCUT2D eigenvalue weighted by atomic mass is 16.5. The lowest BCUT2D eigenvalue weighted by atomic mass is 10.1. The van der Waals surface area contributed by atoms with E-state index in [2.05, 4.69) is 5.10 Å². The minimum atomic E-state index is -0.471. The third-order valence-corrected chi connectivity index (χ3v) is 2.68. The molecule has 2 aromatic rings. The molecule has 0 fully saturated rings. The summed E-state index contributed by atoms with van der Waals surface area (Å²) < 4.78 is 6.94. The molecule has 1 aromatic heterocycles. The van der Waals surface area contributed by atoms with E-state index < -0.39 is 5.97 Å². The van der Waals surface area contributed by atoms with E-state index in [1.54, 1.807) is 23.0 Å². The zero-order valence-corrected chi connectivity index (χ0v) is 10.7. The molecule has 0 saturated heterocycles. The number of nitrogen functional groups attached to an aromatic ring is 2. The van der Waals surface area contributed by atoms with Gasteiger partial charge in [-0.05, 0) is 25.1 Å². The van der Waals surface area contributed by atoms with Crippen LogP contribution >= 0.6 is 0 Å². The van der Waals surface area contributed by atoms with Crippen LogP contribution in [-0.2, 0) is 17.9 Å². The SMILES string of the molecule is CCn1cc(COC(=O)c2ccc(N)cc2N)cn1. The predicted molar refractivity (Wildman–Crippen MR) is 72.3 cm³/mol. The van der Waals surface area contributed by atoms with Gasteiger partial charge in [-0.2, -0.15) is 5.10 Å². The zero-order chi connectivity index (χ0) is 13.8. The van der Waals surface area contributed by atoms with Crippen LogP contribution in [0.2, 0.25) is 0 Å². The van der Waals surface area contributed by atoms with Gasteiger partial charge in [0.1, 0.15) is 6.61 Å². The molecule has 2 rings (SSSR count). The van der Waals surface area contributed by atoms with Gasteiger partial charge in [0, 0.05) is 29.7 Å². The molecule has 0 unspecified atom stereocenters. The number of hydrogen-bond acceptors (Lipinski definition) is 5. The van der Waals surface area contributed by atoms with Gasteiger partial charge in [0.15, 0.2) is 0 Å². The highest BCUT2D eigenvalue weighted by Gasteiger charge is 2.11. The molecule has 4 N–H and O–H groups in total. The number of aryl methyl sites for hydroxylation is 1. The summed E-state index contributed by atoms with van der Waals surface area (Å²) in [6.07, 6.45) is 3.50. The summed E-state index contributed by atoms with van der Waals surface area (Å²) in [6, 6.07) is 4.70. The molecule has 0 bridgehead atoms. The molecule has 0 atom stereocenters. The first kappa shape index (κ1) is 12.9. The molecular weight excluding hydrogens is 244 g/mol. The zero-order valence-electron chi connectivity index (χ0n) is 10.7. The summed E-state index contributed by atoms with van der Waals surface area (Å²) in [5.41, 5.74) is 13.3. The van der Waals surface area contributed by atoms with Gasteiger partial charge in [-0.1, -0.05) is 0 Å². The van der Waals surface area contributed by atoms with Gasteiger partial charge in [-0.15, -0.1) is 0 Å². The molecule has 0 aliphatic carbocycles. The normalized spacial score (nSPS) is 10.4. The maximum atomic E-state index is 11.9. The number of anilines is 2. The van der Waals surface area contributed by atoms with Crippen molar-refractivity contribution >= 4 is 17.3 Å².